The predicted octanol–water partition coefficient (Wildman–Crippen LogP) is 6.71. The molecule has 15 heteroatoms. The van der Waals surface area contributed by atoms with Crippen molar-refractivity contribution < 1.29 is 37.8 Å². The third kappa shape index (κ3) is 9.75. The van der Waals surface area contributed by atoms with Gasteiger partial charge in [-0.15, -0.1) is 0 Å². The van der Waals surface area contributed by atoms with E-state index in [1.54, 1.807) is 54.5 Å². The molecule has 252 valence electrons. The van der Waals surface area contributed by atoms with E-state index in [1.165, 1.54) is 25.4 Å². The number of amides is 3. The van der Waals surface area contributed by atoms with Crippen LogP contribution in [0.3, 0.4) is 0 Å². The molecule has 0 fully saturated rings. The first-order valence-corrected chi connectivity index (χ1v) is 15.2. The fourth-order valence-corrected chi connectivity index (χ4v) is 4.68. The number of hydrogen-bond acceptors (Lipinski definition) is 11. The summed E-state index contributed by atoms with van der Waals surface area (Å²) < 4.78 is 31.7. The summed E-state index contributed by atoms with van der Waals surface area (Å²) in [6, 6.07) is 4.37. The van der Waals surface area contributed by atoms with Crippen LogP contribution in [0.25, 0.3) is 10.2 Å². The van der Waals surface area contributed by atoms with E-state index in [1.807, 2.05) is 13.8 Å². The smallest absolute Gasteiger partial charge is 0.426 e. The summed E-state index contributed by atoms with van der Waals surface area (Å²) in [5.74, 6) is -1.63. The highest BCUT2D eigenvalue weighted by atomic mass is 32.1. The summed E-state index contributed by atoms with van der Waals surface area (Å²) in [6.07, 6.45) is -1.02. The van der Waals surface area contributed by atoms with Crippen LogP contribution in [0.2, 0.25) is 0 Å². The summed E-state index contributed by atoms with van der Waals surface area (Å²) >= 11 is 0.668. The Kier molecular flexibility index (Phi) is 12.8. The van der Waals surface area contributed by atoms with Gasteiger partial charge in [-0.2, -0.15) is 4.90 Å². The lowest BCUT2D eigenvalue weighted by atomic mass is 10.1. The molecule has 13 nitrogen and oxygen atoms in total. The molecule has 0 aliphatic carbocycles. The first-order chi connectivity index (χ1) is 21.4. The van der Waals surface area contributed by atoms with E-state index >= 15 is 0 Å². The SMILES string of the molecule is C=COCCONC(=O)c1c(Nc2ccc(C)cc2F)n(C)c(=O)c2sc(N(C(=O)OC(C)(C)C)C(=O)OC(C)(C)C)nc12.CC. The second-order valence-electron chi connectivity index (χ2n) is 11.5. The number of rotatable bonds is 9. The molecular formula is C31H42FN5O8S. The van der Waals surface area contributed by atoms with Gasteiger partial charge in [-0.3, -0.25) is 19.0 Å². The monoisotopic (exact) mass is 663 g/mol. The molecule has 2 heterocycles. The van der Waals surface area contributed by atoms with Gasteiger partial charge >= 0.3 is 12.2 Å². The maximum absolute atomic E-state index is 14.9. The maximum Gasteiger partial charge on any atom is 0.426 e. The first-order valence-electron chi connectivity index (χ1n) is 14.4. The number of halogens is 1. The van der Waals surface area contributed by atoms with Crippen molar-refractivity contribution in [1.82, 2.24) is 15.0 Å². The van der Waals surface area contributed by atoms with E-state index in [-0.39, 0.29) is 45.6 Å². The zero-order chi connectivity index (χ0) is 35.0. The number of anilines is 3. The number of pyridine rings is 1. The molecular weight excluding hydrogens is 621 g/mol. The minimum Gasteiger partial charge on any atom is -0.499 e. The molecule has 2 N–H and O–H groups in total. The van der Waals surface area contributed by atoms with Crippen LogP contribution in [-0.2, 0) is 26.1 Å². The van der Waals surface area contributed by atoms with E-state index in [0.29, 0.717) is 21.8 Å². The summed E-state index contributed by atoms with van der Waals surface area (Å²) in [7, 11) is 1.37. The van der Waals surface area contributed by atoms with Gasteiger partial charge in [0.15, 0.2) is 0 Å². The molecule has 0 bridgehead atoms. The lowest BCUT2D eigenvalue weighted by molar-refractivity contribution is 0.0146. The fraction of sp³-hybridized carbons (Fsp3) is 0.452. The normalized spacial score (nSPS) is 11.2. The number of nitrogens with zero attached hydrogens (tertiary/aromatic N) is 3. The van der Waals surface area contributed by atoms with Gasteiger partial charge in [0, 0.05) is 7.05 Å². The van der Waals surface area contributed by atoms with E-state index in [9.17, 15) is 23.6 Å². The molecule has 0 spiro atoms. The molecule has 3 amide bonds. The van der Waals surface area contributed by atoms with Crippen molar-refractivity contribution in [2.24, 2.45) is 7.05 Å². The number of fused-ring (bicyclic) bond motifs is 1. The number of thiazole rings is 1. The Morgan fingerprint density at radius 2 is 1.65 bits per heavy atom. The van der Waals surface area contributed by atoms with Crippen molar-refractivity contribution in [3.05, 3.63) is 58.3 Å². The molecule has 2 aromatic heterocycles. The lowest BCUT2D eigenvalue weighted by Crippen LogP contribution is -2.43. The Bertz CT molecular complexity index is 1610. The first kappa shape index (κ1) is 37.7. The number of aryl methyl sites for hydroxylation is 1. The highest BCUT2D eigenvalue weighted by Gasteiger charge is 2.36. The largest absolute Gasteiger partial charge is 0.499 e. The second-order valence-corrected chi connectivity index (χ2v) is 12.5. The molecule has 46 heavy (non-hydrogen) atoms. The van der Waals surface area contributed by atoms with Crippen LogP contribution >= 0.6 is 11.3 Å². The zero-order valence-electron chi connectivity index (χ0n) is 27.8. The van der Waals surface area contributed by atoms with E-state index in [2.05, 4.69) is 22.4 Å². The third-order valence-electron chi connectivity index (χ3n) is 5.46. The van der Waals surface area contributed by atoms with Gasteiger partial charge in [-0.1, -0.05) is 37.8 Å². The van der Waals surface area contributed by atoms with Crippen LogP contribution in [0.1, 0.15) is 71.3 Å². The lowest BCUT2D eigenvalue weighted by Gasteiger charge is -2.27. The van der Waals surface area contributed by atoms with Crippen molar-refractivity contribution in [3.8, 4) is 0 Å². The maximum atomic E-state index is 14.9. The third-order valence-corrected chi connectivity index (χ3v) is 6.49. The van der Waals surface area contributed by atoms with E-state index in [0.717, 1.165) is 4.57 Å². The number of hydroxylamine groups is 1. The Hall–Kier alpha value is -4.50. The van der Waals surface area contributed by atoms with Gasteiger partial charge < -0.3 is 19.5 Å². The molecule has 0 saturated carbocycles. The van der Waals surface area contributed by atoms with Gasteiger partial charge in [0.1, 0.15) is 51.8 Å². The van der Waals surface area contributed by atoms with Crippen LogP contribution < -0.4 is 21.3 Å². The Labute approximate surface area is 271 Å². The number of hydrogen-bond donors (Lipinski definition) is 2. The Morgan fingerprint density at radius 3 is 2.17 bits per heavy atom. The molecule has 0 aliphatic rings. The molecule has 0 saturated heterocycles. The molecule has 0 radical (unpaired) electrons. The van der Waals surface area contributed by atoms with Crippen molar-refractivity contribution >= 4 is 56.3 Å². The number of benzene rings is 1. The molecule has 3 aromatic rings. The van der Waals surface area contributed by atoms with Gasteiger partial charge in [-0.25, -0.2) is 24.4 Å². The van der Waals surface area contributed by atoms with Crippen LogP contribution in [0.15, 0.2) is 35.8 Å². The minimum atomic E-state index is -1.11. The standard InChI is InChI=1S/C29H36FN5O8S.C2H6/c1-10-40-13-14-41-33-23(36)19-20-21(24(37)34(9)22(19)31-18-12-11-16(2)15-17(18)30)44-25(32-20)35(26(38)42-28(3,4)5)27(39)43-29(6,7)8;1-2/h10-12,15,31H,1,13-14H2,2-9H3,(H,33,36);1-2H3. The van der Waals surface area contributed by atoms with Crippen molar-refractivity contribution in [2.45, 2.75) is 73.5 Å². The number of aromatic nitrogens is 2. The van der Waals surface area contributed by atoms with Gasteiger partial charge in [0.25, 0.3) is 11.5 Å². The molecule has 0 unspecified atom stereocenters. The highest BCUT2D eigenvalue weighted by molar-refractivity contribution is 7.22. The summed E-state index contributed by atoms with van der Waals surface area (Å²) in [5.41, 5.74) is -0.199. The van der Waals surface area contributed by atoms with Gasteiger partial charge in [-0.05, 0) is 66.2 Å². The molecule has 0 aliphatic heterocycles. The number of imide groups is 1. The molecule has 0 atom stereocenters. The van der Waals surface area contributed by atoms with E-state index in [4.69, 9.17) is 19.0 Å². The van der Waals surface area contributed by atoms with Gasteiger partial charge in [0.05, 0.1) is 11.9 Å². The second kappa shape index (κ2) is 15.7. The van der Waals surface area contributed by atoms with Gasteiger partial charge in [0.2, 0.25) is 5.13 Å². The number of nitrogens with one attached hydrogen (secondary N) is 2. The predicted molar refractivity (Wildman–Crippen MR) is 175 cm³/mol. The summed E-state index contributed by atoms with van der Waals surface area (Å²) in [4.78, 5) is 63.8. The van der Waals surface area contributed by atoms with E-state index < -0.39 is 40.7 Å². The highest BCUT2D eigenvalue weighted by Crippen LogP contribution is 2.34. The van der Waals surface area contributed by atoms with Crippen LogP contribution in [0, 0.1) is 12.7 Å². The topological polar surface area (TPSA) is 150 Å². The average molecular weight is 664 g/mol. The van der Waals surface area contributed by atoms with Crippen LogP contribution in [0.5, 0.6) is 0 Å². The molecule has 1 aromatic carbocycles. The van der Waals surface area contributed by atoms with Crippen LogP contribution in [-0.4, -0.2) is 52.1 Å². The summed E-state index contributed by atoms with van der Waals surface area (Å²) in [5, 5.41) is 2.51. The van der Waals surface area contributed by atoms with Crippen molar-refractivity contribution in [1.29, 1.82) is 0 Å². The van der Waals surface area contributed by atoms with Crippen molar-refractivity contribution in [3.63, 3.8) is 0 Å². The Balaban J connectivity index is 0.00000361. The summed E-state index contributed by atoms with van der Waals surface area (Å²) in [6.45, 7) is 18.8. The quantitative estimate of drug-likeness (QED) is 0.144. The zero-order valence-corrected chi connectivity index (χ0v) is 28.6. The van der Waals surface area contributed by atoms with Crippen LogP contribution in [0.4, 0.5) is 30.6 Å². The molecule has 3 rings (SSSR count). The fourth-order valence-electron chi connectivity index (χ4n) is 3.65. The minimum absolute atomic E-state index is 0.0288. The average Bonchev–Trinajstić information content (AvgIpc) is 3.36. The number of ether oxygens (including phenoxy) is 3. The number of carbonyl (C=O) groups is 3. The van der Waals surface area contributed by atoms with Crippen molar-refractivity contribution in [2.75, 3.05) is 23.4 Å². The number of carbonyl (C=O) groups excluding carboxylic acids is 3. The Morgan fingerprint density at radius 1 is 1.07 bits per heavy atom.